The molecule has 5 rings (SSSR count). The molecule has 13 heteroatoms. The predicted molar refractivity (Wildman–Crippen MR) is 188 cm³/mol. The molecule has 0 aromatic heterocycles. The number of alkyl carbamates (subject to hydrolysis) is 2. The maximum atomic E-state index is 13.5. The van der Waals surface area contributed by atoms with Crippen LogP contribution in [0, 0.1) is 5.92 Å². The number of β-lactam (4-membered cyclic amide) rings is 1. The molecule has 3 atom stereocenters. The van der Waals surface area contributed by atoms with Crippen molar-refractivity contribution in [3.63, 3.8) is 0 Å². The van der Waals surface area contributed by atoms with E-state index in [-0.39, 0.29) is 44.1 Å². The molecule has 2 aliphatic rings. The van der Waals surface area contributed by atoms with Crippen molar-refractivity contribution in [1.29, 1.82) is 0 Å². The Morgan fingerprint density at radius 1 is 0.784 bits per heavy atom. The third-order valence-electron chi connectivity index (χ3n) is 9.02. The van der Waals surface area contributed by atoms with Gasteiger partial charge in [-0.3, -0.25) is 30.6 Å². The van der Waals surface area contributed by atoms with Gasteiger partial charge in [0, 0.05) is 19.0 Å². The zero-order valence-electron chi connectivity index (χ0n) is 28.4. The van der Waals surface area contributed by atoms with E-state index in [1.807, 2.05) is 91.0 Å². The molecule has 0 spiro atoms. The van der Waals surface area contributed by atoms with Crippen LogP contribution in [-0.4, -0.2) is 65.0 Å². The minimum Gasteiger partial charge on any atom is -0.444 e. The molecule has 2 fully saturated rings. The summed E-state index contributed by atoms with van der Waals surface area (Å²) < 4.78 is 10.6. The number of amides is 5. The number of hydrogen-bond acceptors (Lipinski definition) is 9. The summed E-state index contributed by atoms with van der Waals surface area (Å²) in [5.41, 5.74) is 2.44. The Hall–Kier alpha value is -5.27. The van der Waals surface area contributed by atoms with Gasteiger partial charge in [-0.2, -0.15) is 0 Å². The number of imide groups is 1. The van der Waals surface area contributed by atoms with Crippen molar-refractivity contribution in [3.8, 4) is 0 Å². The number of aliphatic imine (C=N–C) groups is 1. The van der Waals surface area contributed by atoms with Crippen LogP contribution in [0.2, 0.25) is 0 Å². The molecule has 4 N–H and O–H groups in total. The van der Waals surface area contributed by atoms with Crippen LogP contribution in [0.15, 0.2) is 96.0 Å². The maximum absolute atomic E-state index is 13.5. The van der Waals surface area contributed by atoms with Crippen LogP contribution < -0.4 is 16.0 Å². The number of nitrogens with one attached hydrogen (secondary N) is 3. The standard InChI is InChI=1S/C38H45N5O8/c44-34-31(33(32(51-48)24-27-14-5-1-6-15-27)43(34)36(45)40-30-20-11-4-12-21-30)22-13-23-39-35(41-37(46)49-25-28-16-7-2-8-17-28)42-38(47)50-26-29-18-9-3-10-19-29/h1-3,5-10,14-19,30-33,48H,4,11-13,20-26H2,(H,40,45)(H2,39,41,42,46,47)/t31-,32+,33?/m1/s1. The molecule has 1 aliphatic heterocycles. The number of likely N-dealkylation sites (tertiary alicyclic amines) is 1. The topological polar surface area (TPSA) is 168 Å². The first kappa shape index (κ1) is 37.0. The monoisotopic (exact) mass is 699 g/mol. The van der Waals surface area contributed by atoms with Gasteiger partial charge < -0.3 is 14.8 Å². The molecular weight excluding hydrogens is 654 g/mol. The normalized spacial score (nSPS) is 17.7. The number of benzene rings is 3. The molecule has 5 amide bonds. The van der Waals surface area contributed by atoms with Gasteiger partial charge in [-0.15, -0.1) is 0 Å². The Balaban J connectivity index is 1.23. The van der Waals surface area contributed by atoms with Crippen LogP contribution in [0.1, 0.15) is 61.6 Å². The van der Waals surface area contributed by atoms with Gasteiger partial charge in [0.1, 0.15) is 19.3 Å². The molecule has 0 bridgehead atoms. The highest BCUT2D eigenvalue weighted by Gasteiger charge is 2.54. The Bertz CT molecular complexity index is 1540. The first-order chi connectivity index (χ1) is 24.9. The summed E-state index contributed by atoms with van der Waals surface area (Å²) in [6.45, 7) is 0.109. The number of nitrogens with zero attached hydrogens (tertiary/aromatic N) is 2. The molecule has 1 unspecified atom stereocenters. The lowest BCUT2D eigenvalue weighted by molar-refractivity contribution is -0.296. The molecule has 1 aliphatic carbocycles. The third-order valence-corrected chi connectivity index (χ3v) is 9.02. The number of guanidine groups is 1. The van der Waals surface area contributed by atoms with E-state index in [0.717, 1.165) is 48.8 Å². The molecule has 1 saturated heterocycles. The van der Waals surface area contributed by atoms with Gasteiger partial charge in [-0.05, 0) is 42.4 Å². The molecule has 51 heavy (non-hydrogen) atoms. The van der Waals surface area contributed by atoms with Gasteiger partial charge >= 0.3 is 18.2 Å². The number of carbonyl (C=O) groups is 4. The van der Waals surface area contributed by atoms with Crippen LogP contribution in [0.25, 0.3) is 0 Å². The fraction of sp³-hybridized carbons (Fsp3) is 0.395. The van der Waals surface area contributed by atoms with E-state index < -0.39 is 36.3 Å². The van der Waals surface area contributed by atoms with Crippen molar-refractivity contribution in [2.24, 2.45) is 10.9 Å². The summed E-state index contributed by atoms with van der Waals surface area (Å²) in [6.07, 6.45) is 3.28. The van der Waals surface area contributed by atoms with Crippen LogP contribution in [0.4, 0.5) is 14.4 Å². The van der Waals surface area contributed by atoms with E-state index in [2.05, 4.69) is 20.9 Å². The van der Waals surface area contributed by atoms with Crippen molar-refractivity contribution in [1.82, 2.24) is 20.9 Å². The van der Waals surface area contributed by atoms with E-state index in [9.17, 15) is 24.4 Å². The van der Waals surface area contributed by atoms with Crippen LogP contribution in [-0.2, 0) is 38.8 Å². The van der Waals surface area contributed by atoms with Gasteiger partial charge in [0.15, 0.2) is 0 Å². The fourth-order valence-electron chi connectivity index (χ4n) is 6.41. The fourth-order valence-corrected chi connectivity index (χ4v) is 6.41. The quantitative estimate of drug-likeness (QED) is 0.0424. The summed E-state index contributed by atoms with van der Waals surface area (Å²) >= 11 is 0. The summed E-state index contributed by atoms with van der Waals surface area (Å²) in [6, 6.07) is 26.4. The molecule has 13 nitrogen and oxygen atoms in total. The maximum Gasteiger partial charge on any atom is 0.414 e. The van der Waals surface area contributed by atoms with Crippen LogP contribution >= 0.6 is 0 Å². The highest BCUT2D eigenvalue weighted by atomic mass is 17.1. The first-order valence-electron chi connectivity index (χ1n) is 17.4. The third kappa shape index (κ3) is 11.1. The number of ether oxygens (including phenoxy) is 2. The minimum atomic E-state index is -0.853. The zero-order chi connectivity index (χ0) is 35.8. The summed E-state index contributed by atoms with van der Waals surface area (Å²) in [5, 5.41) is 17.9. The van der Waals surface area contributed by atoms with Crippen LogP contribution in [0.3, 0.4) is 0 Å². The van der Waals surface area contributed by atoms with Crippen molar-refractivity contribution in [3.05, 3.63) is 108 Å². The highest BCUT2D eigenvalue weighted by molar-refractivity contribution is 6.02. The van der Waals surface area contributed by atoms with E-state index in [4.69, 9.17) is 14.4 Å². The molecule has 270 valence electrons. The second-order valence-electron chi connectivity index (χ2n) is 12.7. The average Bonchev–Trinajstić information content (AvgIpc) is 3.16. The first-order valence-corrected chi connectivity index (χ1v) is 17.4. The Morgan fingerprint density at radius 2 is 1.31 bits per heavy atom. The highest BCUT2D eigenvalue weighted by Crippen LogP contribution is 2.35. The lowest BCUT2D eigenvalue weighted by atomic mass is 9.79. The second kappa shape index (κ2) is 19.2. The van der Waals surface area contributed by atoms with Crippen molar-refractivity contribution < 1.29 is 38.8 Å². The molecule has 1 heterocycles. The van der Waals surface area contributed by atoms with Gasteiger partial charge in [0.05, 0.1) is 12.0 Å². The Kier molecular flexibility index (Phi) is 13.9. The van der Waals surface area contributed by atoms with Gasteiger partial charge in [-0.25, -0.2) is 19.3 Å². The predicted octanol–water partition coefficient (Wildman–Crippen LogP) is 5.95. The summed E-state index contributed by atoms with van der Waals surface area (Å²) in [4.78, 5) is 62.6. The zero-order valence-corrected chi connectivity index (χ0v) is 28.4. The number of urea groups is 1. The molecule has 3 aromatic carbocycles. The Morgan fingerprint density at radius 3 is 1.84 bits per heavy atom. The minimum absolute atomic E-state index is 0.00544. The summed E-state index contributed by atoms with van der Waals surface area (Å²) in [5.74, 6) is -1.18. The molecule has 1 saturated carbocycles. The largest absolute Gasteiger partial charge is 0.444 e. The van der Waals surface area contributed by atoms with Crippen LogP contribution in [0.5, 0.6) is 0 Å². The number of rotatable bonds is 13. The van der Waals surface area contributed by atoms with E-state index in [1.54, 1.807) is 0 Å². The van der Waals surface area contributed by atoms with E-state index in [0.29, 0.717) is 12.8 Å². The van der Waals surface area contributed by atoms with Gasteiger partial charge in [0.25, 0.3) is 0 Å². The summed E-state index contributed by atoms with van der Waals surface area (Å²) in [7, 11) is 0. The van der Waals surface area contributed by atoms with Crippen molar-refractivity contribution in [2.75, 3.05) is 6.54 Å². The van der Waals surface area contributed by atoms with Crippen molar-refractivity contribution in [2.45, 2.75) is 82.8 Å². The van der Waals surface area contributed by atoms with Crippen molar-refractivity contribution >= 4 is 30.1 Å². The Labute approximate surface area is 297 Å². The lowest BCUT2D eigenvalue weighted by Crippen LogP contribution is -2.70. The second-order valence-corrected chi connectivity index (χ2v) is 12.7. The molecule has 3 aromatic rings. The lowest BCUT2D eigenvalue weighted by Gasteiger charge is -2.48. The number of carbonyl (C=O) groups excluding carboxylic acids is 4. The smallest absolute Gasteiger partial charge is 0.414 e. The SMILES string of the molecule is O=C(NC(=NCCC[C@H]1C(=O)N(C(=O)NC2CCCCC2)C1[C@H](Cc1ccccc1)OO)NC(=O)OCc1ccccc1)OCc1ccccc1. The van der Waals surface area contributed by atoms with E-state index >= 15 is 0 Å². The molecular formula is C38H45N5O8. The average molecular weight is 700 g/mol. The number of hydrogen-bond donors (Lipinski definition) is 4. The van der Waals surface area contributed by atoms with Gasteiger partial charge in [-0.1, -0.05) is 110 Å². The van der Waals surface area contributed by atoms with E-state index in [1.165, 1.54) is 4.90 Å². The molecule has 0 radical (unpaired) electrons. The van der Waals surface area contributed by atoms with Gasteiger partial charge in [0.2, 0.25) is 11.9 Å².